The average molecular weight is 255 g/mol. The maximum Gasteiger partial charge on any atom is 0.397 e. The Morgan fingerprint density at radius 3 is 2.59 bits per heavy atom. The number of ether oxygens (including phenoxy) is 1. The number of carboxylic acid groups (broad SMARTS) is 1. The fourth-order valence-electron chi connectivity index (χ4n) is 2.10. The Morgan fingerprint density at radius 1 is 1.59 bits per heavy atom. The lowest BCUT2D eigenvalue weighted by Gasteiger charge is -2.31. The van der Waals surface area contributed by atoms with E-state index in [1.165, 1.54) is 18.9 Å². The number of hydrogen-bond acceptors (Lipinski definition) is 3. The molecular formula is C10H16F3NO3. The summed E-state index contributed by atoms with van der Waals surface area (Å²) in [6.45, 7) is 0.759. The van der Waals surface area contributed by atoms with Crippen LogP contribution >= 0.6 is 0 Å². The zero-order chi connectivity index (χ0) is 13.3. The monoisotopic (exact) mass is 255 g/mol. The molecule has 0 aromatic carbocycles. The van der Waals surface area contributed by atoms with Gasteiger partial charge in [-0.25, -0.2) is 0 Å². The van der Waals surface area contributed by atoms with E-state index in [-0.39, 0.29) is 19.5 Å². The highest BCUT2D eigenvalue weighted by molar-refractivity contribution is 5.72. The van der Waals surface area contributed by atoms with Crippen LogP contribution in [0, 0.1) is 5.41 Å². The number of rotatable bonds is 4. The van der Waals surface area contributed by atoms with Crippen molar-refractivity contribution < 1.29 is 27.8 Å². The lowest BCUT2D eigenvalue weighted by Crippen LogP contribution is -2.46. The molecule has 0 spiro atoms. The van der Waals surface area contributed by atoms with Crippen molar-refractivity contribution in [3.05, 3.63) is 0 Å². The number of halogens is 3. The first-order valence-corrected chi connectivity index (χ1v) is 5.26. The van der Waals surface area contributed by atoms with Crippen molar-refractivity contribution in [2.45, 2.75) is 25.6 Å². The highest BCUT2D eigenvalue weighted by atomic mass is 19.4. The second-order valence-electron chi connectivity index (χ2n) is 4.45. The highest BCUT2D eigenvalue weighted by Crippen LogP contribution is 2.46. The number of methoxy groups -OCH3 is 1. The minimum absolute atomic E-state index is 0.121. The summed E-state index contributed by atoms with van der Waals surface area (Å²) in [6, 6.07) is -0.906. The van der Waals surface area contributed by atoms with Crippen molar-refractivity contribution in [1.82, 2.24) is 4.90 Å². The van der Waals surface area contributed by atoms with Crippen LogP contribution in [0.3, 0.4) is 0 Å². The van der Waals surface area contributed by atoms with E-state index in [2.05, 4.69) is 4.74 Å². The van der Waals surface area contributed by atoms with Gasteiger partial charge < -0.3 is 9.84 Å². The summed E-state index contributed by atoms with van der Waals surface area (Å²) in [5.74, 6) is -1.11. The van der Waals surface area contributed by atoms with Crippen molar-refractivity contribution in [1.29, 1.82) is 0 Å². The summed E-state index contributed by atoms with van der Waals surface area (Å²) < 4.78 is 43.6. The Labute approximate surface area is 97.3 Å². The second kappa shape index (κ2) is 4.81. The fourth-order valence-corrected chi connectivity index (χ4v) is 2.10. The smallest absolute Gasteiger partial charge is 0.397 e. The summed E-state index contributed by atoms with van der Waals surface area (Å²) in [4.78, 5) is 12.1. The summed E-state index contributed by atoms with van der Waals surface area (Å²) in [7, 11) is 1.22. The maximum absolute atomic E-state index is 13.0. The quantitative estimate of drug-likeness (QED) is 0.824. The number of carboxylic acids is 1. The van der Waals surface area contributed by atoms with E-state index in [0.717, 1.165) is 0 Å². The van der Waals surface area contributed by atoms with E-state index < -0.39 is 30.2 Å². The predicted octanol–water partition coefficient (Wildman–Crippen LogP) is 1.36. The van der Waals surface area contributed by atoms with Crippen molar-refractivity contribution in [2.75, 3.05) is 26.8 Å². The van der Waals surface area contributed by atoms with Gasteiger partial charge in [0.15, 0.2) is 0 Å². The van der Waals surface area contributed by atoms with Crippen LogP contribution in [0.5, 0.6) is 0 Å². The number of alkyl halides is 3. The van der Waals surface area contributed by atoms with Crippen LogP contribution in [-0.4, -0.2) is 55.0 Å². The molecule has 1 heterocycles. The van der Waals surface area contributed by atoms with E-state index in [1.54, 1.807) is 0 Å². The highest BCUT2D eigenvalue weighted by Gasteiger charge is 2.58. The largest absolute Gasteiger partial charge is 0.480 e. The van der Waals surface area contributed by atoms with Gasteiger partial charge in [-0.05, 0) is 13.3 Å². The molecule has 2 atom stereocenters. The van der Waals surface area contributed by atoms with Crippen molar-refractivity contribution in [3.8, 4) is 0 Å². The van der Waals surface area contributed by atoms with Gasteiger partial charge in [-0.3, -0.25) is 9.69 Å². The molecule has 17 heavy (non-hydrogen) atoms. The summed E-state index contributed by atoms with van der Waals surface area (Å²) in [5.41, 5.74) is -1.94. The molecule has 1 aliphatic rings. The van der Waals surface area contributed by atoms with Crippen molar-refractivity contribution >= 4 is 5.97 Å². The van der Waals surface area contributed by atoms with Gasteiger partial charge in [0.25, 0.3) is 0 Å². The number of hydrogen-bond donors (Lipinski definition) is 1. The van der Waals surface area contributed by atoms with E-state index in [0.29, 0.717) is 0 Å². The van der Waals surface area contributed by atoms with Crippen LogP contribution in [-0.2, 0) is 9.53 Å². The topological polar surface area (TPSA) is 49.8 Å². The molecule has 4 nitrogen and oxygen atoms in total. The molecule has 0 bridgehead atoms. The normalized spacial score (nSPS) is 28.3. The minimum Gasteiger partial charge on any atom is -0.480 e. The molecule has 1 aliphatic heterocycles. The average Bonchev–Trinajstić information content (AvgIpc) is 2.62. The van der Waals surface area contributed by atoms with E-state index in [1.807, 2.05) is 0 Å². The molecule has 100 valence electrons. The number of aliphatic carboxylic acids is 1. The van der Waals surface area contributed by atoms with Gasteiger partial charge in [0.05, 0.1) is 6.61 Å². The molecule has 1 saturated heterocycles. The molecule has 1 fully saturated rings. The Kier molecular flexibility index (Phi) is 4.03. The van der Waals surface area contributed by atoms with Gasteiger partial charge in [-0.15, -0.1) is 0 Å². The van der Waals surface area contributed by atoms with Gasteiger partial charge in [0.1, 0.15) is 11.5 Å². The molecule has 7 heteroatoms. The van der Waals surface area contributed by atoms with Gasteiger partial charge >= 0.3 is 12.1 Å². The van der Waals surface area contributed by atoms with Crippen LogP contribution in [0.4, 0.5) is 13.2 Å². The number of nitrogens with zero attached hydrogens (tertiary/aromatic N) is 1. The Bertz CT molecular complexity index is 295. The first-order valence-electron chi connectivity index (χ1n) is 5.26. The summed E-state index contributed by atoms with van der Waals surface area (Å²) in [5, 5.41) is 8.79. The minimum atomic E-state index is -4.38. The summed E-state index contributed by atoms with van der Waals surface area (Å²) >= 11 is 0. The summed E-state index contributed by atoms with van der Waals surface area (Å²) in [6.07, 6.45) is -4.50. The lowest BCUT2D eigenvalue weighted by atomic mass is 9.87. The van der Waals surface area contributed by atoms with Gasteiger partial charge in [0.2, 0.25) is 0 Å². The van der Waals surface area contributed by atoms with Crippen LogP contribution in [0.25, 0.3) is 0 Å². The molecule has 1 N–H and O–H groups in total. The zero-order valence-electron chi connectivity index (χ0n) is 9.75. The Hall–Kier alpha value is -0.820. The van der Waals surface area contributed by atoms with Crippen LogP contribution in [0.1, 0.15) is 13.3 Å². The first-order chi connectivity index (χ1) is 7.73. The Morgan fingerprint density at radius 2 is 2.18 bits per heavy atom. The van der Waals surface area contributed by atoms with Crippen LogP contribution in [0.15, 0.2) is 0 Å². The first kappa shape index (κ1) is 14.2. The van der Waals surface area contributed by atoms with E-state index in [4.69, 9.17) is 5.11 Å². The molecule has 0 amide bonds. The second-order valence-corrected chi connectivity index (χ2v) is 4.45. The number of carbonyl (C=O) groups is 1. The fraction of sp³-hybridized carbons (Fsp3) is 0.900. The van der Waals surface area contributed by atoms with Crippen LogP contribution in [0.2, 0.25) is 0 Å². The van der Waals surface area contributed by atoms with Gasteiger partial charge in [-0.2, -0.15) is 13.2 Å². The third-order valence-corrected chi connectivity index (χ3v) is 3.31. The van der Waals surface area contributed by atoms with Gasteiger partial charge in [-0.1, -0.05) is 0 Å². The molecule has 0 aromatic heterocycles. The molecule has 0 unspecified atom stereocenters. The standard InChI is InChI=1S/C10H16F3NO3/c1-7(8(15)16)14-4-3-9(5-14,6-17-2)10(11,12)13/h7H,3-6H2,1-2H3,(H,15,16)/t7-,9+/m1/s1. The predicted molar refractivity (Wildman–Crippen MR) is 53.7 cm³/mol. The molecule has 0 aliphatic carbocycles. The van der Waals surface area contributed by atoms with Crippen molar-refractivity contribution in [3.63, 3.8) is 0 Å². The van der Waals surface area contributed by atoms with Crippen molar-refractivity contribution in [2.24, 2.45) is 5.41 Å². The SMILES string of the molecule is COC[C@]1(C(F)(F)F)CCN([C@H](C)C(=O)O)C1. The lowest BCUT2D eigenvalue weighted by molar-refractivity contribution is -0.233. The maximum atomic E-state index is 13.0. The van der Waals surface area contributed by atoms with Crippen LogP contribution < -0.4 is 0 Å². The molecule has 0 aromatic rings. The molecule has 0 saturated carbocycles. The molecular weight excluding hydrogens is 239 g/mol. The third kappa shape index (κ3) is 2.71. The van der Waals surface area contributed by atoms with Gasteiger partial charge in [0, 0.05) is 20.2 Å². The number of likely N-dealkylation sites (tertiary alicyclic amines) is 1. The van der Waals surface area contributed by atoms with E-state index in [9.17, 15) is 18.0 Å². The Balaban J connectivity index is 2.82. The zero-order valence-corrected chi connectivity index (χ0v) is 9.75. The van der Waals surface area contributed by atoms with E-state index >= 15 is 0 Å². The molecule has 0 radical (unpaired) electrons. The third-order valence-electron chi connectivity index (χ3n) is 3.31. The molecule has 1 rings (SSSR count).